The van der Waals surface area contributed by atoms with Gasteiger partial charge in [-0.3, -0.25) is 9.80 Å². The Hall–Kier alpha value is -4.26. The topological polar surface area (TPSA) is 71.8 Å². The Balaban J connectivity index is 0.000000967. The van der Waals surface area contributed by atoms with Gasteiger partial charge in [0.05, 0.1) is 6.54 Å². The summed E-state index contributed by atoms with van der Waals surface area (Å²) >= 11 is 0. The summed E-state index contributed by atoms with van der Waals surface area (Å²) in [5.74, 6) is 0.556. The number of hydrogen-bond donors (Lipinski definition) is 0. The highest BCUT2D eigenvalue weighted by Gasteiger charge is 2.47. The van der Waals surface area contributed by atoms with Crippen LogP contribution in [0.15, 0.2) is 79.0 Å². The lowest BCUT2D eigenvalue weighted by atomic mass is 9.90. The molecule has 1 aliphatic carbocycles. The molecule has 2 saturated heterocycles. The van der Waals surface area contributed by atoms with Crippen LogP contribution in [0.1, 0.15) is 31.2 Å². The maximum Gasteiger partial charge on any atom is 0.415 e. The highest BCUT2D eigenvalue weighted by atomic mass is 19.1. The number of hydrogen-bond acceptors (Lipinski definition) is 5. The third-order valence-electron chi connectivity index (χ3n) is 8.49. The molecule has 210 valence electrons. The second-order valence-electron chi connectivity index (χ2n) is 11.3. The van der Waals surface area contributed by atoms with Crippen LogP contribution in [0.4, 0.5) is 14.9 Å². The summed E-state index contributed by atoms with van der Waals surface area (Å²) in [6.07, 6.45) is 6.62. The molecule has 0 unspecified atom stereocenters. The van der Waals surface area contributed by atoms with Crippen molar-refractivity contribution >= 4 is 28.8 Å². The number of nitrogens with zero attached hydrogens (tertiary/aromatic N) is 3. The molecule has 41 heavy (non-hydrogen) atoms. The lowest BCUT2D eigenvalue weighted by Crippen LogP contribution is -2.46. The van der Waals surface area contributed by atoms with Gasteiger partial charge >= 0.3 is 12.2 Å². The van der Waals surface area contributed by atoms with E-state index in [4.69, 9.17) is 14.3 Å². The van der Waals surface area contributed by atoms with Crippen molar-refractivity contribution in [3.05, 3.63) is 90.4 Å². The summed E-state index contributed by atoms with van der Waals surface area (Å²) in [4.78, 5) is 33.2. The van der Waals surface area contributed by atoms with E-state index in [1.54, 1.807) is 17.0 Å². The molecule has 2 aliphatic heterocycles. The molecule has 0 radical (unpaired) electrons. The normalized spacial score (nSPS) is 18.2. The van der Waals surface area contributed by atoms with Crippen LogP contribution in [0.25, 0.3) is 22.0 Å². The monoisotopic (exact) mass is 553 g/mol. The predicted octanol–water partition coefficient (Wildman–Crippen LogP) is 6.27. The summed E-state index contributed by atoms with van der Waals surface area (Å²) in [7, 11) is 0. The SMILES string of the molecule is O=C1OC2(CCN(Cc3cn(CC4CC4)c4cccc(-c5ccc(F)cc5)c34)CC2)CN1c1ccccc1.O=C=O. The molecule has 7 nitrogen and oxygen atoms in total. The zero-order valence-electron chi connectivity index (χ0n) is 22.8. The quantitative estimate of drug-likeness (QED) is 0.282. The van der Waals surface area contributed by atoms with Gasteiger partial charge in [-0.15, -0.1) is 0 Å². The van der Waals surface area contributed by atoms with E-state index in [1.165, 1.54) is 29.3 Å². The first kappa shape index (κ1) is 26.9. The van der Waals surface area contributed by atoms with Gasteiger partial charge in [-0.25, -0.2) is 9.18 Å². The number of fused-ring (bicyclic) bond motifs is 1. The van der Waals surface area contributed by atoms with Crippen LogP contribution in [0, 0.1) is 11.7 Å². The highest BCUT2D eigenvalue weighted by Crippen LogP contribution is 2.39. The van der Waals surface area contributed by atoms with Crippen molar-refractivity contribution in [3.8, 4) is 11.1 Å². The fourth-order valence-electron chi connectivity index (χ4n) is 6.21. The summed E-state index contributed by atoms with van der Waals surface area (Å²) in [5.41, 5.74) is 5.25. The number of likely N-dealkylation sites (tertiary alicyclic amines) is 1. The molecule has 3 fully saturated rings. The number of benzene rings is 3. The Morgan fingerprint density at radius 3 is 2.32 bits per heavy atom. The number of para-hydroxylation sites is 1. The van der Waals surface area contributed by atoms with Crippen LogP contribution < -0.4 is 4.90 Å². The minimum absolute atomic E-state index is 0.215. The number of anilines is 1. The van der Waals surface area contributed by atoms with Gasteiger partial charge in [0, 0.05) is 61.8 Å². The van der Waals surface area contributed by atoms with Crippen molar-refractivity contribution < 1.29 is 23.5 Å². The fraction of sp³-hybridized carbons (Fsp3) is 0.333. The van der Waals surface area contributed by atoms with Gasteiger partial charge in [-0.2, -0.15) is 9.59 Å². The molecular weight excluding hydrogens is 521 g/mol. The average Bonchev–Trinajstić information content (AvgIpc) is 3.66. The molecule has 1 amide bonds. The fourth-order valence-corrected chi connectivity index (χ4v) is 6.21. The van der Waals surface area contributed by atoms with E-state index in [9.17, 15) is 9.18 Å². The zero-order chi connectivity index (χ0) is 28.4. The van der Waals surface area contributed by atoms with Gasteiger partial charge < -0.3 is 9.30 Å². The van der Waals surface area contributed by atoms with E-state index in [0.29, 0.717) is 6.54 Å². The summed E-state index contributed by atoms with van der Waals surface area (Å²) in [6, 6.07) is 23.1. The smallest absolute Gasteiger partial charge is 0.415 e. The van der Waals surface area contributed by atoms with E-state index in [-0.39, 0.29) is 18.1 Å². The summed E-state index contributed by atoms with van der Waals surface area (Å²) < 4.78 is 22.1. The predicted molar refractivity (Wildman–Crippen MR) is 153 cm³/mol. The van der Waals surface area contributed by atoms with Crippen molar-refractivity contribution in [2.75, 3.05) is 24.5 Å². The minimum atomic E-state index is -0.414. The van der Waals surface area contributed by atoms with Gasteiger partial charge in [0.15, 0.2) is 0 Å². The van der Waals surface area contributed by atoms with Crippen LogP contribution >= 0.6 is 0 Å². The van der Waals surface area contributed by atoms with Crippen molar-refractivity contribution in [1.29, 1.82) is 0 Å². The molecule has 3 aliphatic rings. The molecule has 0 bridgehead atoms. The first-order valence-electron chi connectivity index (χ1n) is 14.1. The summed E-state index contributed by atoms with van der Waals surface area (Å²) in [6.45, 7) is 4.27. The third-order valence-corrected chi connectivity index (χ3v) is 8.49. The number of carbonyl (C=O) groups is 1. The lowest BCUT2D eigenvalue weighted by molar-refractivity contribution is -0.191. The largest absolute Gasteiger partial charge is 0.441 e. The van der Waals surface area contributed by atoms with Crippen LogP contribution in [0.3, 0.4) is 0 Å². The first-order chi connectivity index (χ1) is 20.0. The maximum atomic E-state index is 13.7. The van der Waals surface area contributed by atoms with Gasteiger partial charge in [0.25, 0.3) is 0 Å². The maximum absolute atomic E-state index is 13.7. The van der Waals surface area contributed by atoms with Crippen LogP contribution in [-0.2, 0) is 27.4 Å². The van der Waals surface area contributed by atoms with E-state index < -0.39 is 5.60 Å². The zero-order valence-corrected chi connectivity index (χ0v) is 22.8. The molecule has 4 aromatic rings. The first-order valence-corrected chi connectivity index (χ1v) is 14.1. The van der Waals surface area contributed by atoms with E-state index in [2.05, 4.69) is 33.9 Å². The number of rotatable bonds is 6. The number of halogens is 1. The highest BCUT2D eigenvalue weighted by molar-refractivity contribution is 5.98. The number of piperidine rings is 1. The number of amides is 1. The van der Waals surface area contributed by atoms with Gasteiger partial charge in [0.2, 0.25) is 0 Å². The molecule has 1 spiro atoms. The Morgan fingerprint density at radius 2 is 1.63 bits per heavy atom. The molecule has 0 N–H and O–H groups in total. The molecule has 0 atom stereocenters. The molecule has 7 rings (SSSR count). The molecule has 3 heterocycles. The van der Waals surface area contributed by atoms with Crippen LogP contribution in [0.5, 0.6) is 0 Å². The van der Waals surface area contributed by atoms with Crippen LogP contribution in [-0.4, -0.2) is 46.9 Å². The average molecular weight is 554 g/mol. The molecular formula is C33H32FN3O4. The Labute approximate surface area is 238 Å². The molecule has 3 aromatic carbocycles. The van der Waals surface area contributed by atoms with Crippen molar-refractivity contribution in [1.82, 2.24) is 9.47 Å². The van der Waals surface area contributed by atoms with Crippen molar-refractivity contribution in [3.63, 3.8) is 0 Å². The van der Waals surface area contributed by atoms with E-state index in [1.807, 2.05) is 42.5 Å². The Morgan fingerprint density at radius 1 is 0.927 bits per heavy atom. The molecule has 1 aromatic heterocycles. The van der Waals surface area contributed by atoms with Crippen molar-refractivity contribution in [2.45, 2.75) is 44.4 Å². The summed E-state index contributed by atoms with van der Waals surface area (Å²) in [5, 5.41) is 1.27. The van der Waals surface area contributed by atoms with Gasteiger partial charge in [-0.05, 0) is 65.8 Å². The van der Waals surface area contributed by atoms with E-state index >= 15 is 0 Å². The number of carbonyl (C=O) groups excluding carboxylic acids is 3. The standard InChI is InChI=1S/C32H32FN3O2.CO2/c33-26-13-11-24(12-14-26)28-7-4-8-29-30(28)25(21-35(29)19-23-9-10-23)20-34-17-15-32(16-18-34)22-36(31(37)38-32)27-5-2-1-3-6-27;2-1-3/h1-8,11-14,21,23H,9-10,15-20,22H2;. The van der Waals surface area contributed by atoms with Crippen molar-refractivity contribution in [2.24, 2.45) is 5.92 Å². The second-order valence-corrected chi connectivity index (χ2v) is 11.3. The Bertz CT molecular complexity index is 1570. The van der Waals surface area contributed by atoms with Crippen LogP contribution in [0.2, 0.25) is 0 Å². The number of aromatic nitrogens is 1. The second kappa shape index (κ2) is 11.3. The van der Waals surface area contributed by atoms with Gasteiger partial charge in [-0.1, -0.05) is 42.5 Å². The lowest BCUT2D eigenvalue weighted by Gasteiger charge is -2.37. The van der Waals surface area contributed by atoms with Gasteiger partial charge in [0.1, 0.15) is 11.4 Å². The third kappa shape index (κ3) is 5.67. The number of ether oxygens (including phenoxy) is 1. The molecule has 1 saturated carbocycles. The van der Waals surface area contributed by atoms with E-state index in [0.717, 1.165) is 61.8 Å². The minimum Gasteiger partial charge on any atom is -0.441 e. The molecule has 8 heteroatoms. The Kier molecular flexibility index (Phi) is 7.43.